The van der Waals surface area contributed by atoms with Crippen LogP contribution in [-0.4, -0.2) is 51.6 Å². The molecule has 1 aromatic heterocycles. The molecule has 0 aromatic carbocycles. The first kappa shape index (κ1) is 19.4. The van der Waals surface area contributed by atoms with E-state index in [1.165, 1.54) is 25.1 Å². The van der Waals surface area contributed by atoms with Crippen molar-refractivity contribution in [2.45, 2.75) is 66.6 Å². The Kier molecular flexibility index (Phi) is 6.46. The molecule has 2 unspecified atom stereocenters. The molecule has 2 heterocycles. The Labute approximate surface area is 147 Å². The average Bonchev–Trinajstić information content (AvgIpc) is 2.74. The Morgan fingerprint density at radius 2 is 1.83 bits per heavy atom. The minimum absolute atomic E-state index is 0.132. The number of nitrogens with one attached hydrogen (secondary N) is 1. The van der Waals surface area contributed by atoms with Gasteiger partial charge in [0.1, 0.15) is 0 Å². The summed E-state index contributed by atoms with van der Waals surface area (Å²) in [7, 11) is 0. The Bertz CT molecular complexity index is 528. The van der Waals surface area contributed by atoms with Gasteiger partial charge in [-0.3, -0.25) is 9.58 Å². The van der Waals surface area contributed by atoms with Crippen LogP contribution in [0.4, 0.5) is 0 Å². The van der Waals surface area contributed by atoms with Crippen LogP contribution in [0.1, 0.15) is 51.1 Å². The van der Waals surface area contributed by atoms with E-state index in [2.05, 4.69) is 56.9 Å². The molecule has 1 aliphatic heterocycles. The molecule has 0 saturated carbocycles. The summed E-state index contributed by atoms with van der Waals surface area (Å²) in [4.78, 5) is 2.65. The molecule has 138 valence electrons. The minimum Gasteiger partial charge on any atom is -0.394 e. The number of aromatic nitrogens is 2. The Morgan fingerprint density at radius 1 is 1.21 bits per heavy atom. The second-order valence-corrected chi connectivity index (χ2v) is 8.36. The van der Waals surface area contributed by atoms with Gasteiger partial charge < -0.3 is 10.4 Å². The summed E-state index contributed by atoms with van der Waals surface area (Å²) in [6.07, 6.45) is 1.35. The number of hydrogen-bond donors (Lipinski definition) is 2. The molecule has 0 aliphatic carbocycles. The molecule has 1 aliphatic rings. The number of aryl methyl sites for hydroxylation is 1. The van der Waals surface area contributed by atoms with E-state index in [0.29, 0.717) is 6.54 Å². The van der Waals surface area contributed by atoms with Crippen LogP contribution in [0, 0.1) is 25.7 Å². The predicted octanol–water partition coefficient (Wildman–Crippen LogP) is 2.34. The van der Waals surface area contributed by atoms with Gasteiger partial charge in [-0.2, -0.15) is 5.10 Å². The van der Waals surface area contributed by atoms with Crippen molar-refractivity contribution in [3.05, 3.63) is 17.0 Å². The fourth-order valence-corrected chi connectivity index (χ4v) is 4.06. The zero-order valence-electron chi connectivity index (χ0n) is 16.4. The molecule has 0 spiro atoms. The van der Waals surface area contributed by atoms with Gasteiger partial charge in [-0.05, 0) is 46.0 Å². The molecule has 1 saturated heterocycles. The molecule has 24 heavy (non-hydrogen) atoms. The molecule has 1 fully saturated rings. The van der Waals surface area contributed by atoms with Crippen LogP contribution in [0.3, 0.4) is 0 Å². The molecule has 2 N–H and O–H groups in total. The van der Waals surface area contributed by atoms with Crippen molar-refractivity contribution >= 4 is 0 Å². The second kappa shape index (κ2) is 7.98. The van der Waals surface area contributed by atoms with E-state index < -0.39 is 0 Å². The van der Waals surface area contributed by atoms with E-state index in [-0.39, 0.29) is 12.1 Å². The van der Waals surface area contributed by atoms with Gasteiger partial charge in [-0.1, -0.05) is 13.8 Å². The van der Waals surface area contributed by atoms with Gasteiger partial charge in [0.05, 0.1) is 18.8 Å². The van der Waals surface area contributed by atoms with E-state index in [4.69, 9.17) is 5.11 Å². The number of likely N-dealkylation sites (tertiary alicyclic amines) is 1. The molecular formula is C19H36N4O. The van der Waals surface area contributed by atoms with Crippen LogP contribution >= 0.6 is 0 Å². The smallest absolute Gasteiger partial charge is 0.0644 e. The normalized spacial score (nSPS) is 23.0. The molecule has 5 heteroatoms. The molecule has 2 rings (SSSR count). The first-order valence-corrected chi connectivity index (χ1v) is 9.34. The maximum Gasteiger partial charge on any atom is 0.0644 e. The topological polar surface area (TPSA) is 53.3 Å². The summed E-state index contributed by atoms with van der Waals surface area (Å²) in [6.45, 7) is 18.5. The number of nitrogens with zero attached hydrogens (tertiary/aromatic N) is 3. The molecule has 0 bridgehead atoms. The molecular weight excluding hydrogens is 300 g/mol. The lowest BCUT2D eigenvalue weighted by Crippen LogP contribution is -2.55. The predicted molar refractivity (Wildman–Crippen MR) is 99.1 cm³/mol. The summed E-state index contributed by atoms with van der Waals surface area (Å²) in [5.41, 5.74) is 3.64. The summed E-state index contributed by atoms with van der Waals surface area (Å²) in [5.74, 6) is 1.57. The van der Waals surface area contributed by atoms with Crippen LogP contribution in [0.15, 0.2) is 0 Å². The number of rotatable bonds is 7. The zero-order chi connectivity index (χ0) is 17.9. The van der Waals surface area contributed by atoms with E-state index >= 15 is 0 Å². The zero-order valence-corrected chi connectivity index (χ0v) is 16.4. The van der Waals surface area contributed by atoms with Gasteiger partial charge in [-0.15, -0.1) is 0 Å². The van der Waals surface area contributed by atoms with Gasteiger partial charge in [0.2, 0.25) is 0 Å². The highest BCUT2D eigenvalue weighted by molar-refractivity contribution is 5.24. The number of piperidine rings is 1. The molecule has 5 nitrogen and oxygen atoms in total. The fraction of sp³-hybridized carbons (Fsp3) is 0.842. The number of aliphatic hydroxyl groups excluding tert-OH is 1. The van der Waals surface area contributed by atoms with Crippen LogP contribution in [0.25, 0.3) is 0 Å². The third kappa shape index (κ3) is 4.58. The Hall–Kier alpha value is -0.910. The summed E-state index contributed by atoms with van der Waals surface area (Å²) < 4.78 is 1.91. The Balaban J connectivity index is 1.93. The van der Waals surface area contributed by atoms with Crippen molar-refractivity contribution < 1.29 is 5.11 Å². The lowest BCUT2D eigenvalue weighted by molar-refractivity contribution is 0.0456. The van der Waals surface area contributed by atoms with Crippen LogP contribution in [0.5, 0.6) is 0 Å². The number of aliphatic hydroxyl groups is 1. The fourth-order valence-electron chi connectivity index (χ4n) is 4.06. The van der Waals surface area contributed by atoms with Crippen molar-refractivity contribution in [3.8, 4) is 0 Å². The van der Waals surface area contributed by atoms with Gasteiger partial charge in [0, 0.05) is 43.0 Å². The standard InChI is InChI=1S/C19H36N4O/c1-14-9-15(2)12-22(11-14)19(5,6)13-20-10-18-16(3)21-23(7-8-24)17(18)4/h14-15,20,24H,7-13H2,1-6H3. The molecule has 2 atom stereocenters. The van der Waals surface area contributed by atoms with Crippen molar-refractivity contribution in [2.24, 2.45) is 11.8 Å². The first-order chi connectivity index (χ1) is 11.2. The third-order valence-electron chi connectivity index (χ3n) is 5.43. The molecule has 1 aromatic rings. The monoisotopic (exact) mass is 336 g/mol. The highest BCUT2D eigenvalue weighted by atomic mass is 16.3. The third-order valence-corrected chi connectivity index (χ3v) is 5.43. The second-order valence-electron chi connectivity index (χ2n) is 8.36. The maximum absolute atomic E-state index is 9.13. The first-order valence-electron chi connectivity index (χ1n) is 9.34. The van der Waals surface area contributed by atoms with Crippen molar-refractivity contribution in [2.75, 3.05) is 26.2 Å². The van der Waals surface area contributed by atoms with E-state index in [1.54, 1.807) is 0 Å². The lowest BCUT2D eigenvalue weighted by Gasteiger charge is -2.45. The SMILES string of the molecule is Cc1nn(CCO)c(C)c1CNCC(C)(C)N1CC(C)CC(C)C1. The Morgan fingerprint density at radius 3 is 2.42 bits per heavy atom. The van der Waals surface area contributed by atoms with Crippen molar-refractivity contribution in [3.63, 3.8) is 0 Å². The number of hydrogen-bond acceptors (Lipinski definition) is 4. The van der Waals surface area contributed by atoms with Crippen molar-refractivity contribution in [1.82, 2.24) is 20.0 Å². The van der Waals surface area contributed by atoms with Crippen LogP contribution < -0.4 is 5.32 Å². The lowest BCUT2D eigenvalue weighted by atomic mass is 9.88. The minimum atomic E-state index is 0.132. The van der Waals surface area contributed by atoms with E-state index in [1.807, 2.05) is 4.68 Å². The summed E-state index contributed by atoms with van der Waals surface area (Å²) >= 11 is 0. The van der Waals surface area contributed by atoms with Crippen molar-refractivity contribution in [1.29, 1.82) is 0 Å². The van der Waals surface area contributed by atoms with Gasteiger partial charge >= 0.3 is 0 Å². The van der Waals surface area contributed by atoms with Gasteiger partial charge in [0.25, 0.3) is 0 Å². The molecule has 0 amide bonds. The molecule has 0 radical (unpaired) electrons. The quantitative estimate of drug-likeness (QED) is 0.802. The van der Waals surface area contributed by atoms with Gasteiger partial charge in [-0.25, -0.2) is 0 Å². The highest BCUT2D eigenvalue weighted by Crippen LogP contribution is 2.27. The summed E-state index contributed by atoms with van der Waals surface area (Å²) in [5, 5.41) is 17.3. The maximum atomic E-state index is 9.13. The summed E-state index contributed by atoms with van der Waals surface area (Å²) in [6, 6.07) is 0. The van der Waals surface area contributed by atoms with Gasteiger partial charge in [0.15, 0.2) is 0 Å². The largest absolute Gasteiger partial charge is 0.394 e. The van der Waals surface area contributed by atoms with E-state index in [0.717, 1.165) is 36.3 Å². The van der Waals surface area contributed by atoms with Crippen LogP contribution in [-0.2, 0) is 13.1 Å². The highest BCUT2D eigenvalue weighted by Gasteiger charge is 2.32. The van der Waals surface area contributed by atoms with Crippen LogP contribution in [0.2, 0.25) is 0 Å². The average molecular weight is 337 g/mol. The van der Waals surface area contributed by atoms with E-state index in [9.17, 15) is 0 Å².